The van der Waals surface area contributed by atoms with E-state index in [0.29, 0.717) is 11.3 Å². The number of rotatable bonds is 3. The topological polar surface area (TPSA) is 61.6 Å². The first-order valence-corrected chi connectivity index (χ1v) is 5.36. The number of aromatic nitrogens is 1. The lowest BCUT2D eigenvalue weighted by molar-refractivity contribution is 0.0553. The van der Waals surface area contributed by atoms with Gasteiger partial charge in [0.25, 0.3) is 0 Å². The highest BCUT2D eigenvalue weighted by Gasteiger charge is 2.20. The average Bonchev–Trinajstić information content (AvgIpc) is 2.80. The summed E-state index contributed by atoms with van der Waals surface area (Å²) in [7, 11) is 2.91. The van der Waals surface area contributed by atoms with Crippen LogP contribution >= 0.6 is 0 Å². The van der Waals surface area contributed by atoms with Crippen molar-refractivity contribution in [2.45, 2.75) is 6.92 Å². The summed E-state index contributed by atoms with van der Waals surface area (Å²) in [6.07, 6.45) is 0. The maximum Gasteiger partial charge on any atom is 0.377 e. The van der Waals surface area contributed by atoms with Gasteiger partial charge in [0.2, 0.25) is 5.76 Å². The van der Waals surface area contributed by atoms with E-state index in [9.17, 15) is 4.79 Å². The van der Waals surface area contributed by atoms with Crippen molar-refractivity contribution in [3.05, 3.63) is 35.6 Å². The van der Waals surface area contributed by atoms with Crippen molar-refractivity contribution < 1.29 is 18.8 Å². The van der Waals surface area contributed by atoms with Crippen molar-refractivity contribution in [1.82, 2.24) is 5.16 Å². The molecule has 2 rings (SSSR count). The number of methoxy groups -OCH3 is 2. The molecule has 0 saturated carbocycles. The molecule has 0 bridgehead atoms. The van der Waals surface area contributed by atoms with Crippen molar-refractivity contribution in [3.63, 3.8) is 0 Å². The molecule has 0 aliphatic heterocycles. The zero-order valence-electron chi connectivity index (χ0n) is 10.4. The molecule has 0 saturated heterocycles. The van der Waals surface area contributed by atoms with Crippen molar-refractivity contribution in [2.24, 2.45) is 0 Å². The first-order chi connectivity index (χ1) is 8.67. The van der Waals surface area contributed by atoms with E-state index >= 15 is 0 Å². The number of hydrogen-bond acceptors (Lipinski definition) is 5. The highest BCUT2D eigenvalue weighted by atomic mass is 16.5. The van der Waals surface area contributed by atoms with E-state index in [1.165, 1.54) is 7.11 Å². The number of nitrogens with zero attached hydrogens (tertiary/aromatic N) is 1. The van der Waals surface area contributed by atoms with Crippen LogP contribution < -0.4 is 4.74 Å². The van der Waals surface area contributed by atoms with Crippen LogP contribution in [0, 0.1) is 6.92 Å². The second-order valence-electron chi connectivity index (χ2n) is 3.71. The van der Waals surface area contributed by atoms with Gasteiger partial charge in [-0.3, -0.25) is 0 Å². The van der Waals surface area contributed by atoms with Crippen LogP contribution in [0.3, 0.4) is 0 Å². The van der Waals surface area contributed by atoms with Crippen molar-refractivity contribution in [3.8, 4) is 17.0 Å². The quantitative estimate of drug-likeness (QED) is 0.779. The smallest absolute Gasteiger partial charge is 0.377 e. The summed E-state index contributed by atoms with van der Waals surface area (Å²) in [5, 5.41) is 3.89. The number of carbonyl (C=O) groups excluding carboxylic acids is 1. The lowest BCUT2D eigenvalue weighted by atomic mass is 10.1. The van der Waals surface area contributed by atoms with Crippen LogP contribution in [0.1, 0.15) is 16.1 Å². The molecule has 0 atom stereocenters. The third-order valence-electron chi connectivity index (χ3n) is 2.66. The molecule has 1 heterocycles. The Morgan fingerprint density at radius 1 is 1.22 bits per heavy atom. The maximum absolute atomic E-state index is 11.4. The summed E-state index contributed by atoms with van der Waals surface area (Å²) in [5.74, 6) is 0.358. The average molecular weight is 247 g/mol. The molecule has 0 unspecified atom stereocenters. The van der Waals surface area contributed by atoms with Gasteiger partial charge in [-0.05, 0) is 31.2 Å². The van der Waals surface area contributed by atoms with Crippen LogP contribution in [0.5, 0.6) is 5.75 Å². The van der Waals surface area contributed by atoms with E-state index in [0.717, 1.165) is 11.3 Å². The molecule has 0 radical (unpaired) electrons. The molecule has 2 aromatic rings. The van der Waals surface area contributed by atoms with E-state index in [4.69, 9.17) is 9.26 Å². The van der Waals surface area contributed by atoms with Gasteiger partial charge in [-0.2, -0.15) is 0 Å². The Morgan fingerprint density at radius 2 is 1.89 bits per heavy atom. The van der Waals surface area contributed by atoms with Gasteiger partial charge in [-0.1, -0.05) is 5.16 Å². The van der Waals surface area contributed by atoms with E-state index in [-0.39, 0.29) is 5.76 Å². The third kappa shape index (κ3) is 2.07. The predicted octanol–water partition coefficient (Wildman–Crippen LogP) is 2.45. The van der Waals surface area contributed by atoms with Crippen molar-refractivity contribution in [2.75, 3.05) is 14.2 Å². The molecule has 1 aromatic heterocycles. The van der Waals surface area contributed by atoms with E-state index in [1.54, 1.807) is 14.0 Å². The van der Waals surface area contributed by atoms with Crippen LogP contribution in [0.25, 0.3) is 11.3 Å². The number of hydrogen-bond donors (Lipinski definition) is 0. The fourth-order valence-electron chi connectivity index (χ4n) is 1.64. The fourth-order valence-corrected chi connectivity index (χ4v) is 1.64. The Labute approximate surface area is 104 Å². The SMILES string of the molecule is COC(=O)c1onc(-c2ccc(OC)cc2)c1C. The minimum atomic E-state index is -0.528. The van der Waals surface area contributed by atoms with Gasteiger partial charge in [-0.15, -0.1) is 0 Å². The summed E-state index contributed by atoms with van der Waals surface area (Å²) in [6.45, 7) is 1.77. The lowest BCUT2D eigenvalue weighted by Gasteiger charge is -2.01. The summed E-state index contributed by atoms with van der Waals surface area (Å²) in [5.41, 5.74) is 2.14. The first kappa shape index (κ1) is 12.2. The van der Waals surface area contributed by atoms with E-state index in [1.807, 2.05) is 24.3 Å². The summed E-state index contributed by atoms with van der Waals surface area (Å²) < 4.78 is 14.7. The lowest BCUT2D eigenvalue weighted by Crippen LogP contribution is -2.01. The standard InChI is InChI=1S/C13H13NO4/c1-8-11(14-18-12(8)13(15)17-3)9-4-6-10(16-2)7-5-9/h4-7H,1-3H3. The summed E-state index contributed by atoms with van der Waals surface area (Å²) >= 11 is 0. The molecule has 1 aromatic carbocycles. The van der Waals surface area contributed by atoms with Crippen molar-refractivity contribution >= 4 is 5.97 Å². The highest BCUT2D eigenvalue weighted by Crippen LogP contribution is 2.26. The van der Waals surface area contributed by atoms with Gasteiger partial charge < -0.3 is 14.0 Å². The van der Waals surface area contributed by atoms with Gasteiger partial charge in [-0.25, -0.2) is 4.79 Å². The van der Waals surface area contributed by atoms with Crippen LogP contribution in [0.4, 0.5) is 0 Å². The Kier molecular flexibility index (Phi) is 3.32. The zero-order chi connectivity index (χ0) is 13.1. The number of esters is 1. The largest absolute Gasteiger partial charge is 0.497 e. The first-order valence-electron chi connectivity index (χ1n) is 5.36. The molecule has 0 amide bonds. The molecule has 0 fully saturated rings. The molecule has 0 aliphatic rings. The Balaban J connectivity index is 2.39. The minimum Gasteiger partial charge on any atom is -0.497 e. The van der Waals surface area contributed by atoms with Gasteiger partial charge >= 0.3 is 5.97 Å². The molecule has 94 valence electrons. The molecule has 18 heavy (non-hydrogen) atoms. The molecule has 5 heteroatoms. The molecule has 0 N–H and O–H groups in total. The number of benzene rings is 1. The minimum absolute atomic E-state index is 0.128. The summed E-state index contributed by atoms with van der Waals surface area (Å²) in [6, 6.07) is 7.35. The Bertz CT molecular complexity index is 557. The molecule has 0 aliphatic carbocycles. The second-order valence-corrected chi connectivity index (χ2v) is 3.71. The molecule has 5 nitrogen and oxygen atoms in total. The number of ether oxygens (including phenoxy) is 2. The fraction of sp³-hybridized carbons (Fsp3) is 0.231. The normalized spacial score (nSPS) is 10.2. The molecular formula is C13H13NO4. The second kappa shape index (κ2) is 4.91. The maximum atomic E-state index is 11.4. The van der Waals surface area contributed by atoms with Gasteiger partial charge in [0.1, 0.15) is 11.4 Å². The van der Waals surface area contributed by atoms with E-state index < -0.39 is 5.97 Å². The van der Waals surface area contributed by atoms with Gasteiger partial charge in [0.15, 0.2) is 0 Å². The van der Waals surface area contributed by atoms with Gasteiger partial charge in [0.05, 0.1) is 14.2 Å². The van der Waals surface area contributed by atoms with E-state index in [2.05, 4.69) is 9.89 Å². The molecule has 0 spiro atoms. The number of carbonyl (C=O) groups is 1. The summed E-state index contributed by atoms with van der Waals surface area (Å²) in [4.78, 5) is 11.4. The van der Waals surface area contributed by atoms with Gasteiger partial charge in [0, 0.05) is 11.1 Å². The highest BCUT2D eigenvalue weighted by molar-refractivity contribution is 5.89. The predicted molar refractivity (Wildman–Crippen MR) is 64.6 cm³/mol. The third-order valence-corrected chi connectivity index (χ3v) is 2.66. The van der Waals surface area contributed by atoms with Crippen LogP contribution in [0.2, 0.25) is 0 Å². The Morgan fingerprint density at radius 3 is 2.44 bits per heavy atom. The van der Waals surface area contributed by atoms with Crippen LogP contribution in [-0.2, 0) is 4.74 Å². The monoisotopic (exact) mass is 247 g/mol. The van der Waals surface area contributed by atoms with Crippen LogP contribution in [-0.4, -0.2) is 25.3 Å². The molecular weight excluding hydrogens is 234 g/mol. The van der Waals surface area contributed by atoms with Crippen molar-refractivity contribution in [1.29, 1.82) is 0 Å². The van der Waals surface area contributed by atoms with Crippen LogP contribution in [0.15, 0.2) is 28.8 Å². The Hall–Kier alpha value is -2.30. The zero-order valence-corrected chi connectivity index (χ0v) is 10.4.